The van der Waals surface area contributed by atoms with Gasteiger partial charge in [-0.25, -0.2) is 0 Å². The molecule has 25 heavy (non-hydrogen) atoms. The van der Waals surface area contributed by atoms with Gasteiger partial charge in [0.15, 0.2) is 0 Å². The van der Waals surface area contributed by atoms with Crippen LogP contribution in [0.25, 0.3) is 0 Å². The zero-order valence-corrected chi connectivity index (χ0v) is 15.1. The Bertz CT molecular complexity index is 721. The number of carbonyl (C=O) groups is 1. The average Bonchev–Trinajstić information content (AvgIpc) is 2.63. The highest BCUT2D eigenvalue weighted by molar-refractivity contribution is 6.32. The summed E-state index contributed by atoms with van der Waals surface area (Å²) in [4.78, 5) is 15.0. The summed E-state index contributed by atoms with van der Waals surface area (Å²) in [5, 5.41) is 3.48. The number of hydrogen-bond acceptors (Lipinski definition) is 3. The number of hydrogen-bond donors (Lipinski definition) is 1. The second-order valence-corrected chi connectivity index (χ2v) is 6.81. The van der Waals surface area contributed by atoms with E-state index in [2.05, 4.69) is 34.5 Å². The van der Waals surface area contributed by atoms with Crippen LogP contribution in [-0.2, 0) is 11.3 Å². The summed E-state index contributed by atoms with van der Waals surface area (Å²) in [5.41, 5.74) is 1.99. The van der Waals surface area contributed by atoms with Gasteiger partial charge < -0.3 is 10.1 Å². The first-order chi connectivity index (χ1) is 12.2. The number of nitrogens with one attached hydrogen (secondary N) is 1. The molecule has 1 atom stereocenters. The van der Waals surface area contributed by atoms with Crippen LogP contribution in [0.15, 0.2) is 48.5 Å². The fraction of sp³-hybridized carbons (Fsp3) is 0.350. The van der Waals surface area contributed by atoms with Gasteiger partial charge in [0.1, 0.15) is 5.75 Å². The molecule has 0 bridgehead atoms. The van der Waals surface area contributed by atoms with Crippen molar-refractivity contribution in [3.63, 3.8) is 0 Å². The zero-order chi connectivity index (χ0) is 17.6. The van der Waals surface area contributed by atoms with Crippen molar-refractivity contribution in [3.05, 3.63) is 59.1 Å². The molecule has 5 heteroatoms. The fourth-order valence-corrected chi connectivity index (χ4v) is 3.50. The van der Waals surface area contributed by atoms with Crippen molar-refractivity contribution in [1.29, 1.82) is 0 Å². The summed E-state index contributed by atoms with van der Waals surface area (Å²) in [7, 11) is 1.57. The van der Waals surface area contributed by atoms with E-state index in [0.717, 1.165) is 32.5 Å². The van der Waals surface area contributed by atoms with Crippen LogP contribution in [0.3, 0.4) is 0 Å². The van der Waals surface area contributed by atoms with Crippen molar-refractivity contribution >= 4 is 23.2 Å². The normalized spacial score (nSPS) is 17.9. The zero-order valence-electron chi connectivity index (χ0n) is 14.4. The molecule has 1 heterocycles. The lowest BCUT2D eigenvalue weighted by molar-refractivity contribution is -0.121. The van der Waals surface area contributed by atoms with E-state index in [1.165, 1.54) is 5.56 Å². The van der Waals surface area contributed by atoms with Gasteiger partial charge in [-0.3, -0.25) is 9.69 Å². The van der Waals surface area contributed by atoms with Crippen molar-refractivity contribution in [2.75, 3.05) is 25.5 Å². The lowest BCUT2D eigenvalue weighted by Crippen LogP contribution is -2.40. The van der Waals surface area contributed by atoms with Crippen LogP contribution in [0.1, 0.15) is 18.4 Å². The van der Waals surface area contributed by atoms with Gasteiger partial charge in [-0.05, 0) is 43.1 Å². The molecule has 0 unspecified atom stereocenters. The third kappa shape index (κ3) is 4.74. The Balaban J connectivity index is 1.59. The number of halogens is 1. The minimum Gasteiger partial charge on any atom is -0.495 e. The Kier molecular flexibility index (Phi) is 5.95. The van der Waals surface area contributed by atoms with Gasteiger partial charge in [-0.1, -0.05) is 41.9 Å². The molecule has 1 aliphatic rings. The number of benzene rings is 2. The molecular weight excluding hydrogens is 336 g/mol. The number of anilines is 1. The van der Waals surface area contributed by atoms with Gasteiger partial charge in [0.05, 0.1) is 18.1 Å². The third-order valence-corrected chi connectivity index (χ3v) is 4.84. The molecule has 3 rings (SSSR count). The van der Waals surface area contributed by atoms with E-state index in [4.69, 9.17) is 16.3 Å². The Hall–Kier alpha value is -2.04. The summed E-state index contributed by atoms with van der Waals surface area (Å²) in [6.45, 7) is 2.70. The van der Waals surface area contributed by atoms with Gasteiger partial charge >= 0.3 is 0 Å². The van der Waals surface area contributed by atoms with Crippen molar-refractivity contribution in [1.82, 2.24) is 4.90 Å². The van der Waals surface area contributed by atoms with Gasteiger partial charge in [0, 0.05) is 18.8 Å². The van der Waals surface area contributed by atoms with Crippen LogP contribution in [-0.4, -0.2) is 31.0 Å². The second-order valence-electron chi connectivity index (χ2n) is 6.40. The number of methoxy groups -OCH3 is 1. The van der Waals surface area contributed by atoms with E-state index in [1.807, 2.05) is 12.1 Å². The van der Waals surface area contributed by atoms with Crippen LogP contribution in [0.5, 0.6) is 5.75 Å². The lowest BCUT2D eigenvalue weighted by Gasteiger charge is -2.32. The molecule has 2 aromatic rings. The Morgan fingerprint density at radius 3 is 2.80 bits per heavy atom. The molecule has 132 valence electrons. The molecule has 2 aromatic carbocycles. The summed E-state index contributed by atoms with van der Waals surface area (Å²) in [6.07, 6.45) is 1.95. The number of ether oxygens (including phenoxy) is 1. The summed E-state index contributed by atoms with van der Waals surface area (Å²) in [6, 6.07) is 15.7. The molecule has 1 amide bonds. The van der Waals surface area contributed by atoms with E-state index in [0.29, 0.717) is 16.5 Å². The smallest absolute Gasteiger partial charge is 0.228 e. The predicted octanol–water partition coefficient (Wildman–Crippen LogP) is 4.20. The fourth-order valence-electron chi connectivity index (χ4n) is 3.24. The first kappa shape index (κ1) is 17.8. The Labute approximate surface area is 153 Å². The highest BCUT2D eigenvalue weighted by Crippen LogP contribution is 2.28. The molecule has 0 aromatic heterocycles. The molecule has 0 aliphatic carbocycles. The molecule has 1 saturated heterocycles. The third-order valence-electron chi connectivity index (χ3n) is 4.54. The topological polar surface area (TPSA) is 41.6 Å². The number of piperidine rings is 1. The monoisotopic (exact) mass is 358 g/mol. The molecule has 1 fully saturated rings. The number of carbonyl (C=O) groups excluding carboxylic acids is 1. The van der Waals surface area contributed by atoms with Gasteiger partial charge in [-0.15, -0.1) is 0 Å². The highest BCUT2D eigenvalue weighted by Gasteiger charge is 2.26. The maximum absolute atomic E-state index is 12.6. The van der Waals surface area contributed by atoms with E-state index in [-0.39, 0.29) is 11.8 Å². The van der Waals surface area contributed by atoms with E-state index >= 15 is 0 Å². The molecule has 0 spiro atoms. The minimum atomic E-state index is -0.00154. The van der Waals surface area contributed by atoms with Crippen LogP contribution in [0.4, 0.5) is 5.69 Å². The Morgan fingerprint density at radius 1 is 1.28 bits per heavy atom. The minimum absolute atomic E-state index is 0.00154. The van der Waals surface area contributed by atoms with Gasteiger partial charge in [-0.2, -0.15) is 0 Å². The quantitative estimate of drug-likeness (QED) is 0.870. The van der Waals surface area contributed by atoms with Gasteiger partial charge in [0.2, 0.25) is 5.91 Å². The molecule has 1 N–H and O–H groups in total. The molecule has 0 saturated carbocycles. The van der Waals surface area contributed by atoms with Crippen LogP contribution in [0.2, 0.25) is 5.02 Å². The second kappa shape index (κ2) is 8.37. The number of nitrogens with zero attached hydrogens (tertiary/aromatic N) is 1. The summed E-state index contributed by atoms with van der Waals surface area (Å²) in [5.74, 6) is 0.656. The van der Waals surface area contributed by atoms with E-state index in [9.17, 15) is 4.79 Å². The first-order valence-corrected chi connectivity index (χ1v) is 8.94. The molecular formula is C20H23ClN2O2. The first-order valence-electron chi connectivity index (χ1n) is 8.56. The number of likely N-dealkylation sites (tertiary alicyclic amines) is 1. The maximum Gasteiger partial charge on any atom is 0.228 e. The molecule has 0 radical (unpaired) electrons. The molecule has 4 nitrogen and oxygen atoms in total. The Morgan fingerprint density at radius 2 is 2.08 bits per heavy atom. The van der Waals surface area contributed by atoms with Gasteiger partial charge in [0.25, 0.3) is 0 Å². The highest BCUT2D eigenvalue weighted by atomic mass is 35.5. The summed E-state index contributed by atoms with van der Waals surface area (Å²) < 4.78 is 5.14. The largest absolute Gasteiger partial charge is 0.495 e. The van der Waals surface area contributed by atoms with Crippen LogP contribution < -0.4 is 10.1 Å². The maximum atomic E-state index is 12.6. The number of rotatable bonds is 5. The SMILES string of the molecule is COc1ccc(NC(=O)[C@H]2CCCN(Cc3ccccc3)C2)cc1Cl. The number of amides is 1. The van der Waals surface area contributed by atoms with Crippen molar-refractivity contribution in [3.8, 4) is 5.75 Å². The summed E-state index contributed by atoms with van der Waals surface area (Å²) >= 11 is 6.13. The predicted molar refractivity (Wildman–Crippen MR) is 101 cm³/mol. The average molecular weight is 359 g/mol. The lowest BCUT2D eigenvalue weighted by atomic mass is 9.96. The van der Waals surface area contributed by atoms with Crippen LogP contribution >= 0.6 is 11.6 Å². The van der Waals surface area contributed by atoms with Crippen LogP contribution in [0, 0.1) is 5.92 Å². The molecule has 1 aliphatic heterocycles. The standard InChI is InChI=1S/C20H23ClN2O2/c1-25-19-10-9-17(12-18(19)21)22-20(24)16-8-5-11-23(14-16)13-15-6-3-2-4-7-15/h2-4,6-7,9-10,12,16H,5,8,11,13-14H2,1H3,(H,22,24)/t16-/m0/s1. The van der Waals surface area contributed by atoms with Crippen molar-refractivity contribution < 1.29 is 9.53 Å². The van der Waals surface area contributed by atoms with E-state index in [1.54, 1.807) is 19.2 Å². The van der Waals surface area contributed by atoms with Crippen molar-refractivity contribution in [2.45, 2.75) is 19.4 Å². The van der Waals surface area contributed by atoms with E-state index < -0.39 is 0 Å². The van der Waals surface area contributed by atoms with Crippen molar-refractivity contribution in [2.24, 2.45) is 5.92 Å².